The van der Waals surface area contributed by atoms with E-state index in [-0.39, 0.29) is 0 Å². The largest absolute Gasteiger partial charge is 0.376 e. The summed E-state index contributed by atoms with van der Waals surface area (Å²) in [6.07, 6.45) is 1.09. The maximum atomic E-state index is 5.35. The second-order valence-corrected chi connectivity index (χ2v) is 1.79. The van der Waals surface area contributed by atoms with Crippen LogP contribution < -0.4 is 5.32 Å². The van der Waals surface area contributed by atoms with Gasteiger partial charge in [-0.2, -0.15) is 0 Å². The summed E-state index contributed by atoms with van der Waals surface area (Å²) in [5.74, 6) is 0. The number of hydrogen-bond donors (Lipinski definition) is 1. The minimum absolute atomic E-state index is 0.529. The minimum Gasteiger partial charge on any atom is -0.376 e. The molecule has 0 bridgehead atoms. The van der Waals surface area contributed by atoms with Crippen LogP contribution in [0.15, 0.2) is 11.7 Å². The van der Waals surface area contributed by atoms with Gasteiger partial charge in [-0.3, -0.25) is 0 Å². The summed E-state index contributed by atoms with van der Waals surface area (Å²) in [4.78, 5) is 0. The van der Waals surface area contributed by atoms with Gasteiger partial charge in [0.25, 0.3) is 0 Å². The normalized spacial score (nSPS) is 8.29. The number of nitrogens with one attached hydrogen (secondary N) is 1. The van der Waals surface area contributed by atoms with E-state index >= 15 is 0 Å². The molecule has 0 unspecified atom stereocenters. The van der Waals surface area contributed by atoms with Crippen LogP contribution in [0, 0.1) is 0 Å². The molecule has 0 aromatic rings. The number of rotatable bonds is 3. The lowest BCUT2D eigenvalue weighted by atomic mass is 10.5. The Morgan fingerprint density at radius 2 is 2.43 bits per heavy atom. The molecule has 0 saturated carbocycles. The van der Waals surface area contributed by atoms with Gasteiger partial charge in [0.05, 0.1) is 5.16 Å². The average Bonchev–Trinajstić information content (AvgIpc) is 1.61. The van der Waals surface area contributed by atoms with Crippen molar-refractivity contribution in [2.75, 3.05) is 6.54 Å². The van der Waals surface area contributed by atoms with Crippen LogP contribution in [0.2, 0.25) is 0 Å². The molecule has 0 saturated heterocycles. The summed E-state index contributed by atoms with van der Waals surface area (Å²) in [6.45, 7) is 6.44. The number of hydrogen-bond acceptors (Lipinski definition) is 1. The second kappa shape index (κ2) is 4.00. The molecule has 0 heterocycles. The Balaban J connectivity index is 2.82. The molecule has 0 radical (unpaired) electrons. The molecule has 0 aliphatic heterocycles. The van der Waals surface area contributed by atoms with E-state index in [0.717, 1.165) is 13.0 Å². The molecule has 0 aromatic carbocycles. The van der Waals surface area contributed by atoms with E-state index in [2.05, 4.69) is 18.8 Å². The van der Waals surface area contributed by atoms with Crippen LogP contribution in [-0.4, -0.2) is 6.54 Å². The zero-order chi connectivity index (χ0) is 5.70. The molecule has 0 fully saturated rings. The summed E-state index contributed by atoms with van der Waals surface area (Å²) < 4.78 is 0. The highest BCUT2D eigenvalue weighted by molar-refractivity contribution is 6.28. The molecule has 0 aliphatic carbocycles. The number of halogens is 1. The van der Waals surface area contributed by atoms with Crippen LogP contribution in [0.4, 0.5) is 0 Å². The van der Waals surface area contributed by atoms with Crippen molar-refractivity contribution >= 4 is 11.6 Å². The van der Waals surface area contributed by atoms with Gasteiger partial charge in [-0.05, 0) is 6.42 Å². The van der Waals surface area contributed by atoms with Crippen LogP contribution in [-0.2, 0) is 0 Å². The summed E-state index contributed by atoms with van der Waals surface area (Å²) in [5, 5.41) is 3.40. The third-order valence-electron chi connectivity index (χ3n) is 0.567. The van der Waals surface area contributed by atoms with Crippen molar-refractivity contribution in [3.05, 3.63) is 11.7 Å². The molecular weight excluding hydrogens is 110 g/mol. The van der Waals surface area contributed by atoms with Gasteiger partial charge in [0.2, 0.25) is 0 Å². The first-order valence-electron chi connectivity index (χ1n) is 2.35. The molecular formula is C5H10ClN. The van der Waals surface area contributed by atoms with Gasteiger partial charge in [-0.15, -0.1) is 0 Å². The first-order valence-corrected chi connectivity index (χ1v) is 2.73. The molecule has 1 nitrogen and oxygen atoms in total. The quantitative estimate of drug-likeness (QED) is 0.558. The first kappa shape index (κ1) is 6.83. The fourth-order valence-corrected chi connectivity index (χ4v) is 0.355. The van der Waals surface area contributed by atoms with Gasteiger partial charge >= 0.3 is 0 Å². The van der Waals surface area contributed by atoms with Crippen LogP contribution in [0.3, 0.4) is 0 Å². The topological polar surface area (TPSA) is 12.0 Å². The lowest BCUT2D eigenvalue weighted by molar-refractivity contribution is 0.800. The Morgan fingerprint density at radius 1 is 1.86 bits per heavy atom. The van der Waals surface area contributed by atoms with Crippen molar-refractivity contribution in [3.8, 4) is 0 Å². The van der Waals surface area contributed by atoms with E-state index in [1.807, 2.05) is 0 Å². The molecule has 0 rings (SSSR count). The van der Waals surface area contributed by atoms with Crippen molar-refractivity contribution in [2.24, 2.45) is 0 Å². The Hall–Kier alpha value is -0.170. The van der Waals surface area contributed by atoms with E-state index in [0.29, 0.717) is 5.16 Å². The monoisotopic (exact) mass is 119 g/mol. The van der Waals surface area contributed by atoms with Crippen LogP contribution in [0.5, 0.6) is 0 Å². The minimum atomic E-state index is 0.529. The average molecular weight is 120 g/mol. The van der Waals surface area contributed by atoms with E-state index < -0.39 is 0 Å². The zero-order valence-corrected chi connectivity index (χ0v) is 5.26. The maximum Gasteiger partial charge on any atom is 0.0945 e. The SMILES string of the molecule is C=C(Cl)NCCC. The molecule has 42 valence electrons. The van der Waals surface area contributed by atoms with Crippen LogP contribution in [0.1, 0.15) is 13.3 Å². The summed E-state index contributed by atoms with van der Waals surface area (Å²) in [5.41, 5.74) is 0. The van der Waals surface area contributed by atoms with Crippen molar-refractivity contribution < 1.29 is 0 Å². The lowest BCUT2D eigenvalue weighted by Gasteiger charge is -1.96. The van der Waals surface area contributed by atoms with E-state index in [1.165, 1.54) is 0 Å². The van der Waals surface area contributed by atoms with Gasteiger partial charge in [-0.1, -0.05) is 25.1 Å². The highest BCUT2D eigenvalue weighted by Crippen LogP contribution is 1.87. The van der Waals surface area contributed by atoms with Crippen LogP contribution >= 0.6 is 11.6 Å². The standard InChI is InChI=1S/C5H10ClN/c1-3-4-7-5(2)6/h7H,2-4H2,1H3. The highest BCUT2D eigenvalue weighted by Gasteiger charge is 1.79. The Morgan fingerprint density at radius 3 is 2.57 bits per heavy atom. The Bertz CT molecular complexity index is 61.1. The summed E-state index contributed by atoms with van der Waals surface area (Å²) >= 11 is 5.35. The van der Waals surface area contributed by atoms with E-state index in [4.69, 9.17) is 11.6 Å². The Labute approximate surface area is 49.4 Å². The second-order valence-electron chi connectivity index (χ2n) is 1.33. The van der Waals surface area contributed by atoms with Crippen molar-refractivity contribution in [2.45, 2.75) is 13.3 Å². The highest BCUT2D eigenvalue weighted by atomic mass is 35.5. The predicted molar refractivity (Wildman–Crippen MR) is 33.3 cm³/mol. The van der Waals surface area contributed by atoms with Gasteiger partial charge < -0.3 is 5.32 Å². The summed E-state index contributed by atoms with van der Waals surface area (Å²) in [7, 11) is 0. The third-order valence-corrected chi connectivity index (χ3v) is 0.700. The molecule has 1 N–H and O–H groups in total. The molecule has 0 amide bonds. The van der Waals surface area contributed by atoms with Crippen molar-refractivity contribution in [1.29, 1.82) is 0 Å². The zero-order valence-electron chi connectivity index (χ0n) is 4.50. The van der Waals surface area contributed by atoms with E-state index in [1.54, 1.807) is 0 Å². The molecule has 0 aromatic heterocycles. The smallest absolute Gasteiger partial charge is 0.0945 e. The summed E-state index contributed by atoms with van der Waals surface area (Å²) in [6, 6.07) is 0. The van der Waals surface area contributed by atoms with Gasteiger partial charge in [0.15, 0.2) is 0 Å². The van der Waals surface area contributed by atoms with Crippen LogP contribution in [0.25, 0.3) is 0 Å². The van der Waals surface area contributed by atoms with E-state index in [9.17, 15) is 0 Å². The molecule has 7 heavy (non-hydrogen) atoms. The first-order chi connectivity index (χ1) is 3.27. The third kappa shape index (κ3) is 5.83. The lowest BCUT2D eigenvalue weighted by Crippen LogP contribution is -2.08. The predicted octanol–water partition coefficient (Wildman–Crippen LogP) is 1.70. The van der Waals surface area contributed by atoms with Gasteiger partial charge in [0.1, 0.15) is 0 Å². The van der Waals surface area contributed by atoms with Gasteiger partial charge in [0, 0.05) is 6.54 Å². The molecule has 0 atom stereocenters. The van der Waals surface area contributed by atoms with Gasteiger partial charge in [-0.25, -0.2) is 0 Å². The fraction of sp³-hybridized carbons (Fsp3) is 0.600. The van der Waals surface area contributed by atoms with Crippen molar-refractivity contribution in [3.63, 3.8) is 0 Å². The fourth-order valence-electron chi connectivity index (χ4n) is 0.261. The Kier molecular flexibility index (Phi) is 3.90. The molecule has 0 spiro atoms. The van der Waals surface area contributed by atoms with Crippen molar-refractivity contribution in [1.82, 2.24) is 5.32 Å². The molecule has 2 heteroatoms. The molecule has 0 aliphatic rings. The maximum absolute atomic E-state index is 5.35.